The molecule has 1 saturated carbocycles. The van der Waals surface area contributed by atoms with E-state index in [2.05, 4.69) is 22.4 Å². The molecule has 0 radical (unpaired) electrons. The SMILES string of the molecule is CC[C@H]1CCC[C@@H]1NC(=O)Cn1c(-c2ccc(OC)cc2)n[nH]c1=S. The first kappa shape index (κ1) is 17.7. The van der Waals surface area contributed by atoms with Gasteiger partial charge in [0.2, 0.25) is 5.91 Å². The van der Waals surface area contributed by atoms with E-state index in [0.717, 1.165) is 24.2 Å². The number of nitrogens with one attached hydrogen (secondary N) is 2. The number of benzene rings is 1. The molecule has 0 bridgehead atoms. The average Bonchev–Trinajstić information content (AvgIpc) is 3.22. The van der Waals surface area contributed by atoms with E-state index in [0.29, 0.717) is 16.5 Å². The van der Waals surface area contributed by atoms with Crippen molar-refractivity contribution in [1.29, 1.82) is 0 Å². The highest BCUT2D eigenvalue weighted by Crippen LogP contribution is 2.28. The number of nitrogens with zero attached hydrogens (tertiary/aromatic N) is 2. The highest BCUT2D eigenvalue weighted by Gasteiger charge is 2.27. The van der Waals surface area contributed by atoms with Crippen LogP contribution in [0.2, 0.25) is 0 Å². The van der Waals surface area contributed by atoms with Gasteiger partial charge in [0.05, 0.1) is 7.11 Å². The Kier molecular flexibility index (Phi) is 5.53. The molecule has 1 aromatic carbocycles. The first-order chi connectivity index (χ1) is 12.1. The molecule has 2 aromatic rings. The van der Waals surface area contributed by atoms with Crippen LogP contribution in [0.5, 0.6) is 5.75 Å². The molecule has 2 N–H and O–H groups in total. The molecule has 0 saturated heterocycles. The number of carbonyl (C=O) groups is 1. The second kappa shape index (κ2) is 7.82. The lowest BCUT2D eigenvalue weighted by atomic mass is 10.0. The first-order valence-electron chi connectivity index (χ1n) is 8.71. The summed E-state index contributed by atoms with van der Waals surface area (Å²) in [6, 6.07) is 7.82. The minimum atomic E-state index is -0.0161. The zero-order valence-corrected chi connectivity index (χ0v) is 15.4. The molecule has 0 aliphatic heterocycles. The molecule has 1 heterocycles. The number of amides is 1. The van der Waals surface area contributed by atoms with Crippen LogP contribution in [0.25, 0.3) is 11.4 Å². The minimum Gasteiger partial charge on any atom is -0.497 e. The number of ether oxygens (including phenoxy) is 1. The maximum Gasteiger partial charge on any atom is 0.240 e. The summed E-state index contributed by atoms with van der Waals surface area (Å²) >= 11 is 5.31. The number of aromatic nitrogens is 3. The summed E-state index contributed by atoms with van der Waals surface area (Å²) < 4.78 is 7.36. The topological polar surface area (TPSA) is 71.9 Å². The van der Waals surface area contributed by atoms with Gasteiger partial charge in [0.1, 0.15) is 12.3 Å². The van der Waals surface area contributed by atoms with Crippen molar-refractivity contribution >= 4 is 18.1 Å². The maximum atomic E-state index is 12.5. The summed E-state index contributed by atoms with van der Waals surface area (Å²) in [7, 11) is 1.63. The van der Waals surface area contributed by atoms with Crippen LogP contribution in [-0.4, -0.2) is 33.8 Å². The van der Waals surface area contributed by atoms with E-state index < -0.39 is 0 Å². The number of carbonyl (C=O) groups excluding carboxylic acids is 1. The number of rotatable bonds is 6. The molecule has 134 valence electrons. The minimum absolute atomic E-state index is 0.0161. The molecule has 1 aliphatic rings. The van der Waals surface area contributed by atoms with E-state index in [1.807, 2.05) is 24.3 Å². The lowest BCUT2D eigenvalue weighted by molar-refractivity contribution is -0.122. The van der Waals surface area contributed by atoms with Crippen molar-refractivity contribution in [2.45, 2.75) is 45.2 Å². The normalized spacial score (nSPS) is 19.8. The van der Waals surface area contributed by atoms with Crippen LogP contribution in [0.1, 0.15) is 32.6 Å². The standard InChI is InChI=1S/C18H24N4O2S/c1-3-12-5-4-6-15(12)19-16(23)11-22-17(20-21-18(22)25)13-7-9-14(24-2)10-8-13/h7-10,12,15H,3-6,11H2,1-2H3,(H,19,23)(H,21,25)/t12-,15-/m0/s1. The van der Waals surface area contributed by atoms with Gasteiger partial charge >= 0.3 is 0 Å². The smallest absolute Gasteiger partial charge is 0.240 e. The number of hydrogen-bond acceptors (Lipinski definition) is 4. The van der Waals surface area contributed by atoms with E-state index in [1.54, 1.807) is 11.7 Å². The van der Waals surface area contributed by atoms with Crippen molar-refractivity contribution in [3.05, 3.63) is 29.0 Å². The zero-order chi connectivity index (χ0) is 17.8. The molecule has 1 aromatic heterocycles. The van der Waals surface area contributed by atoms with E-state index in [4.69, 9.17) is 17.0 Å². The van der Waals surface area contributed by atoms with E-state index in [1.165, 1.54) is 12.8 Å². The van der Waals surface area contributed by atoms with Gasteiger partial charge in [0.15, 0.2) is 10.6 Å². The Morgan fingerprint density at radius 3 is 2.84 bits per heavy atom. The Labute approximate surface area is 152 Å². The molecule has 0 spiro atoms. The second-order valence-electron chi connectivity index (χ2n) is 6.44. The summed E-state index contributed by atoms with van der Waals surface area (Å²) in [5.74, 6) is 2.00. The highest BCUT2D eigenvalue weighted by molar-refractivity contribution is 7.71. The lowest BCUT2D eigenvalue weighted by Crippen LogP contribution is -2.39. The highest BCUT2D eigenvalue weighted by atomic mass is 32.1. The van der Waals surface area contributed by atoms with Gasteiger partial charge in [-0.15, -0.1) is 0 Å². The van der Waals surface area contributed by atoms with Gasteiger partial charge in [-0.25, -0.2) is 0 Å². The van der Waals surface area contributed by atoms with Crippen LogP contribution in [0.15, 0.2) is 24.3 Å². The fraction of sp³-hybridized carbons (Fsp3) is 0.500. The third kappa shape index (κ3) is 3.92. The Hall–Kier alpha value is -2.15. The van der Waals surface area contributed by atoms with E-state index >= 15 is 0 Å². The molecule has 6 nitrogen and oxygen atoms in total. The Morgan fingerprint density at radius 1 is 1.40 bits per heavy atom. The Balaban J connectivity index is 1.75. The largest absolute Gasteiger partial charge is 0.497 e. The van der Waals surface area contributed by atoms with Crippen molar-refractivity contribution in [2.75, 3.05) is 7.11 Å². The average molecular weight is 360 g/mol. The zero-order valence-electron chi connectivity index (χ0n) is 14.6. The van der Waals surface area contributed by atoms with Crippen molar-refractivity contribution in [3.8, 4) is 17.1 Å². The van der Waals surface area contributed by atoms with Crippen LogP contribution in [0.4, 0.5) is 0 Å². The number of aromatic amines is 1. The lowest BCUT2D eigenvalue weighted by Gasteiger charge is -2.20. The fourth-order valence-corrected chi connectivity index (χ4v) is 3.73. The van der Waals surface area contributed by atoms with Crippen molar-refractivity contribution < 1.29 is 9.53 Å². The third-order valence-corrected chi connectivity index (χ3v) is 5.25. The van der Waals surface area contributed by atoms with Gasteiger partial charge < -0.3 is 10.1 Å². The van der Waals surface area contributed by atoms with Gasteiger partial charge in [-0.3, -0.25) is 14.5 Å². The van der Waals surface area contributed by atoms with Crippen LogP contribution < -0.4 is 10.1 Å². The molecule has 7 heteroatoms. The number of hydrogen-bond donors (Lipinski definition) is 2. The molecule has 25 heavy (non-hydrogen) atoms. The van der Waals surface area contributed by atoms with Crippen LogP contribution in [0, 0.1) is 10.7 Å². The monoisotopic (exact) mass is 360 g/mol. The van der Waals surface area contributed by atoms with Crippen LogP contribution in [0.3, 0.4) is 0 Å². The first-order valence-corrected chi connectivity index (χ1v) is 9.12. The van der Waals surface area contributed by atoms with Gasteiger partial charge in [-0.05, 0) is 55.2 Å². The molecule has 2 atom stereocenters. The van der Waals surface area contributed by atoms with Crippen LogP contribution >= 0.6 is 12.2 Å². The Morgan fingerprint density at radius 2 is 2.16 bits per heavy atom. The number of methoxy groups -OCH3 is 1. The van der Waals surface area contributed by atoms with Crippen molar-refractivity contribution in [1.82, 2.24) is 20.1 Å². The molecule has 3 rings (SSSR count). The third-order valence-electron chi connectivity index (χ3n) is 4.94. The van der Waals surface area contributed by atoms with E-state index in [-0.39, 0.29) is 18.5 Å². The molecule has 1 amide bonds. The summed E-state index contributed by atoms with van der Waals surface area (Å²) in [6.07, 6.45) is 4.55. The summed E-state index contributed by atoms with van der Waals surface area (Å²) in [5, 5.41) is 10.2. The summed E-state index contributed by atoms with van der Waals surface area (Å²) in [6.45, 7) is 2.35. The van der Waals surface area contributed by atoms with Crippen molar-refractivity contribution in [2.24, 2.45) is 5.92 Å². The summed E-state index contributed by atoms with van der Waals surface area (Å²) in [4.78, 5) is 12.5. The van der Waals surface area contributed by atoms with E-state index in [9.17, 15) is 4.79 Å². The second-order valence-corrected chi connectivity index (χ2v) is 6.83. The molecule has 0 unspecified atom stereocenters. The summed E-state index contributed by atoms with van der Waals surface area (Å²) in [5.41, 5.74) is 0.883. The fourth-order valence-electron chi connectivity index (χ4n) is 3.54. The van der Waals surface area contributed by atoms with Gasteiger partial charge in [-0.1, -0.05) is 19.8 Å². The van der Waals surface area contributed by atoms with Crippen molar-refractivity contribution in [3.63, 3.8) is 0 Å². The van der Waals surface area contributed by atoms with Gasteiger partial charge in [0.25, 0.3) is 0 Å². The van der Waals surface area contributed by atoms with Gasteiger partial charge in [-0.2, -0.15) is 5.10 Å². The predicted molar refractivity (Wildman–Crippen MR) is 99.0 cm³/mol. The van der Waals surface area contributed by atoms with Gasteiger partial charge in [0, 0.05) is 11.6 Å². The maximum absolute atomic E-state index is 12.5. The van der Waals surface area contributed by atoms with Crippen LogP contribution in [-0.2, 0) is 11.3 Å². The molecular weight excluding hydrogens is 336 g/mol. The quantitative estimate of drug-likeness (QED) is 0.775. The molecule has 1 aliphatic carbocycles. The molecule has 1 fully saturated rings. The Bertz CT molecular complexity index is 781. The molecular formula is C18H24N4O2S. The predicted octanol–water partition coefficient (Wildman–Crippen LogP) is 3.31. The number of H-pyrrole nitrogens is 1.